The number of carbonyl (C=O) groups is 1. The van der Waals surface area contributed by atoms with Crippen molar-refractivity contribution >= 4 is 11.6 Å². The van der Waals surface area contributed by atoms with Crippen LogP contribution < -0.4 is 10.1 Å². The van der Waals surface area contributed by atoms with Crippen molar-refractivity contribution < 1.29 is 9.53 Å². The summed E-state index contributed by atoms with van der Waals surface area (Å²) in [6.45, 7) is 3.90. The van der Waals surface area contributed by atoms with Gasteiger partial charge in [-0.15, -0.1) is 0 Å². The van der Waals surface area contributed by atoms with E-state index in [2.05, 4.69) is 5.32 Å². The zero-order chi connectivity index (χ0) is 14.4. The highest BCUT2D eigenvalue weighted by atomic mass is 16.5. The van der Waals surface area contributed by atoms with Gasteiger partial charge in [0.15, 0.2) is 6.10 Å². The Morgan fingerprint density at radius 2 is 1.75 bits per heavy atom. The number of amides is 1. The van der Waals surface area contributed by atoms with Gasteiger partial charge in [-0.05, 0) is 37.1 Å². The first kappa shape index (κ1) is 14.1. The van der Waals surface area contributed by atoms with Gasteiger partial charge in [-0.25, -0.2) is 0 Å². The summed E-state index contributed by atoms with van der Waals surface area (Å²) in [7, 11) is 0. The fraction of sp³-hybridized carbons (Fsp3) is 0.235. The van der Waals surface area contributed by atoms with Gasteiger partial charge in [0.25, 0.3) is 5.91 Å². The molecule has 1 N–H and O–H groups in total. The maximum atomic E-state index is 12.3. The minimum Gasteiger partial charge on any atom is -0.481 e. The number of aryl methyl sites for hydroxylation is 1. The molecular weight excluding hydrogens is 250 g/mol. The summed E-state index contributed by atoms with van der Waals surface area (Å²) < 4.78 is 5.73. The number of benzene rings is 2. The molecule has 3 nitrogen and oxygen atoms in total. The molecule has 0 saturated heterocycles. The molecule has 0 aliphatic heterocycles. The van der Waals surface area contributed by atoms with Crippen molar-refractivity contribution in [3.05, 3.63) is 60.2 Å². The monoisotopic (exact) mass is 269 g/mol. The van der Waals surface area contributed by atoms with Crippen LogP contribution in [0.15, 0.2) is 54.6 Å². The molecule has 0 spiro atoms. The molecule has 20 heavy (non-hydrogen) atoms. The van der Waals surface area contributed by atoms with Gasteiger partial charge in [-0.1, -0.05) is 43.3 Å². The molecule has 104 valence electrons. The van der Waals surface area contributed by atoms with Crippen LogP contribution in [0.2, 0.25) is 0 Å². The second-order valence-electron chi connectivity index (χ2n) is 4.63. The van der Waals surface area contributed by atoms with Gasteiger partial charge in [-0.3, -0.25) is 4.79 Å². The van der Waals surface area contributed by atoms with E-state index in [9.17, 15) is 4.79 Å². The lowest BCUT2D eigenvalue weighted by atomic mass is 10.2. The van der Waals surface area contributed by atoms with Gasteiger partial charge in [0.2, 0.25) is 0 Å². The van der Waals surface area contributed by atoms with Gasteiger partial charge in [-0.2, -0.15) is 0 Å². The van der Waals surface area contributed by atoms with Crippen molar-refractivity contribution in [3.8, 4) is 5.75 Å². The average Bonchev–Trinajstić information content (AvgIpc) is 2.48. The summed E-state index contributed by atoms with van der Waals surface area (Å²) in [5.74, 6) is 0.588. The second kappa shape index (κ2) is 6.75. The predicted molar refractivity (Wildman–Crippen MR) is 81.0 cm³/mol. The third kappa shape index (κ3) is 3.60. The normalized spacial score (nSPS) is 11.7. The summed E-state index contributed by atoms with van der Waals surface area (Å²) >= 11 is 0. The van der Waals surface area contributed by atoms with Crippen molar-refractivity contribution in [2.75, 3.05) is 5.32 Å². The molecule has 0 aliphatic carbocycles. The van der Waals surface area contributed by atoms with Crippen LogP contribution in [0.25, 0.3) is 0 Å². The summed E-state index contributed by atoms with van der Waals surface area (Å²) in [5, 5.41) is 2.92. The van der Waals surface area contributed by atoms with Crippen molar-refractivity contribution in [1.82, 2.24) is 0 Å². The van der Waals surface area contributed by atoms with Crippen molar-refractivity contribution in [2.24, 2.45) is 0 Å². The Morgan fingerprint density at radius 3 is 2.40 bits per heavy atom. The quantitative estimate of drug-likeness (QED) is 0.896. The Balaban J connectivity index is 2.04. The summed E-state index contributed by atoms with van der Waals surface area (Å²) in [4.78, 5) is 12.3. The highest BCUT2D eigenvalue weighted by molar-refractivity contribution is 5.94. The number of hydrogen-bond donors (Lipinski definition) is 1. The van der Waals surface area contributed by atoms with Crippen molar-refractivity contribution in [3.63, 3.8) is 0 Å². The number of anilines is 1. The molecule has 0 heterocycles. The van der Waals surface area contributed by atoms with Crippen LogP contribution in [-0.2, 0) is 4.79 Å². The standard InChI is InChI=1S/C17H19NO2/c1-3-16(20-14-10-5-4-6-11-14)17(19)18-15-12-8-7-9-13(15)2/h4-12,16H,3H2,1-2H3,(H,18,19). The molecule has 0 aliphatic rings. The van der Waals surface area contributed by atoms with Crippen LogP contribution in [0.3, 0.4) is 0 Å². The fourth-order valence-corrected chi connectivity index (χ4v) is 1.91. The van der Waals surface area contributed by atoms with Gasteiger partial charge < -0.3 is 10.1 Å². The van der Waals surface area contributed by atoms with Gasteiger partial charge in [0, 0.05) is 5.69 Å². The largest absolute Gasteiger partial charge is 0.481 e. The highest BCUT2D eigenvalue weighted by Gasteiger charge is 2.18. The zero-order valence-electron chi connectivity index (χ0n) is 11.8. The Bertz CT molecular complexity index is 566. The molecule has 3 heteroatoms. The minimum atomic E-state index is -0.489. The molecule has 0 fully saturated rings. The SMILES string of the molecule is CCC(Oc1ccccc1)C(=O)Nc1ccccc1C. The molecule has 2 rings (SSSR count). The first-order chi connectivity index (χ1) is 9.70. The molecule has 0 aromatic heterocycles. The molecular formula is C17H19NO2. The van der Waals surface area contributed by atoms with Gasteiger partial charge in [0.1, 0.15) is 5.75 Å². The number of rotatable bonds is 5. The number of hydrogen-bond acceptors (Lipinski definition) is 2. The van der Waals surface area contributed by atoms with Gasteiger partial charge in [0.05, 0.1) is 0 Å². The number of carbonyl (C=O) groups excluding carboxylic acids is 1. The maximum Gasteiger partial charge on any atom is 0.265 e. The first-order valence-electron chi connectivity index (χ1n) is 6.79. The van der Waals surface area contributed by atoms with E-state index in [1.54, 1.807) is 0 Å². The third-order valence-electron chi connectivity index (χ3n) is 3.09. The Labute approximate surface area is 119 Å². The maximum absolute atomic E-state index is 12.3. The van der Waals surface area contributed by atoms with Crippen molar-refractivity contribution in [1.29, 1.82) is 0 Å². The predicted octanol–water partition coefficient (Wildman–Crippen LogP) is 3.79. The molecule has 1 atom stereocenters. The van der Waals surface area contributed by atoms with Crippen LogP contribution in [0.1, 0.15) is 18.9 Å². The lowest BCUT2D eigenvalue weighted by Crippen LogP contribution is -2.32. The summed E-state index contributed by atoms with van der Waals surface area (Å²) in [6, 6.07) is 17.1. The number of nitrogens with one attached hydrogen (secondary N) is 1. The Morgan fingerprint density at radius 1 is 1.10 bits per heavy atom. The van der Waals surface area contributed by atoms with Crippen LogP contribution in [-0.4, -0.2) is 12.0 Å². The second-order valence-corrected chi connectivity index (χ2v) is 4.63. The number of para-hydroxylation sites is 2. The molecule has 0 bridgehead atoms. The van der Waals surface area contributed by atoms with E-state index in [1.807, 2.05) is 68.4 Å². The zero-order valence-corrected chi connectivity index (χ0v) is 11.8. The van der Waals surface area contributed by atoms with E-state index in [1.165, 1.54) is 0 Å². The first-order valence-corrected chi connectivity index (χ1v) is 6.79. The molecule has 1 unspecified atom stereocenters. The molecule has 2 aromatic rings. The molecule has 0 radical (unpaired) electrons. The smallest absolute Gasteiger partial charge is 0.265 e. The molecule has 1 amide bonds. The van der Waals surface area contributed by atoms with Crippen LogP contribution in [0.4, 0.5) is 5.69 Å². The fourth-order valence-electron chi connectivity index (χ4n) is 1.91. The molecule has 0 saturated carbocycles. The third-order valence-corrected chi connectivity index (χ3v) is 3.09. The lowest BCUT2D eigenvalue weighted by molar-refractivity contribution is -0.122. The van der Waals surface area contributed by atoms with E-state index in [-0.39, 0.29) is 5.91 Å². The van der Waals surface area contributed by atoms with Gasteiger partial charge >= 0.3 is 0 Å². The van der Waals surface area contributed by atoms with Crippen LogP contribution in [0, 0.1) is 6.92 Å². The van der Waals surface area contributed by atoms with Crippen LogP contribution >= 0.6 is 0 Å². The minimum absolute atomic E-state index is 0.120. The highest BCUT2D eigenvalue weighted by Crippen LogP contribution is 2.16. The van der Waals surface area contributed by atoms with E-state index in [0.29, 0.717) is 12.2 Å². The lowest BCUT2D eigenvalue weighted by Gasteiger charge is -2.18. The number of ether oxygens (including phenoxy) is 1. The Hall–Kier alpha value is -2.29. The topological polar surface area (TPSA) is 38.3 Å². The van der Waals surface area contributed by atoms with Crippen molar-refractivity contribution in [2.45, 2.75) is 26.4 Å². The summed E-state index contributed by atoms with van der Waals surface area (Å²) in [6.07, 6.45) is 0.129. The Kier molecular flexibility index (Phi) is 4.77. The molecule has 2 aromatic carbocycles. The van der Waals surface area contributed by atoms with E-state index < -0.39 is 6.10 Å². The van der Waals surface area contributed by atoms with E-state index >= 15 is 0 Å². The summed E-state index contributed by atoms with van der Waals surface area (Å²) in [5.41, 5.74) is 1.86. The van der Waals surface area contributed by atoms with E-state index in [0.717, 1.165) is 11.3 Å². The average molecular weight is 269 g/mol. The van der Waals surface area contributed by atoms with Crippen LogP contribution in [0.5, 0.6) is 5.75 Å². The van der Waals surface area contributed by atoms with E-state index in [4.69, 9.17) is 4.74 Å².